The fourth-order valence-corrected chi connectivity index (χ4v) is 3.31. The van der Waals surface area contributed by atoms with Gasteiger partial charge in [0, 0.05) is 23.1 Å². The third kappa shape index (κ3) is 6.64. The maximum atomic E-state index is 13.0. The predicted octanol–water partition coefficient (Wildman–Crippen LogP) is 4.93. The van der Waals surface area contributed by atoms with E-state index in [0.29, 0.717) is 27.9 Å². The van der Waals surface area contributed by atoms with Crippen LogP contribution >= 0.6 is 23.2 Å². The minimum Gasteiger partial charge on any atom is -0.484 e. The number of carbonyl (C=O) groups is 2. The molecule has 5 nitrogen and oxygen atoms in total. The van der Waals surface area contributed by atoms with Crippen molar-refractivity contribution in [3.05, 3.63) is 63.1 Å². The molecular formula is C23H28Cl2N2O3. The van der Waals surface area contributed by atoms with E-state index in [2.05, 4.69) is 5.32 Å². The van der Waals surface area contributed by atoms with Crippen LogP contribution in [0.4, 0.5) is 0 Å². The summed E-state index contributed by atoms with van der Waals surface area (Å²) >= 11 is 12.3. The number of aryl methyl sites for hydroxylation is 2. The first-order valence-corrected chi connectivity index (χ1v) is 10.7. The second kappa shape index (κ2) is 11.2. The number of ether oxygens (including phenoxy) is 1. The van der Waals surface area contributed by atoms with E-state index >= 15 is 0 Å². The lowest BCUT2D eigenvalue weighted by Gasteiger charge is -2.29. The predicted molar refractivity (Wildman–Crippen MR) is 121 cm³/mol. The van der Waals surface area contributed by atoms with Crippen molar-refractivity contribution in [1.82, 2.24) is 10.2 Å². The van der Waals surface area contributed by atoms with Crippen molar-refractivity contribution >= 4 is 35.0 Å². The Balaban J connectivity index is 2.18. The van der Waals surface area contributed by atoms with Crippen LogP contribution in [-0.4, -0.2) is 35.9 Å². The Kier molecular flexibility index (Phi) is 9.00. The van der Waals surface area contributed by atoms with Gasteiger partial charge in [-0.3, -0.25) is 9.59 Å². The first kappa shape index (κ1) is 24.0. The summed E-state index contributed by atoms with van der Waals surface area (Å²) in [5, 5.41) is 3.79. The lowest BCUT2D eigenvalue weighted by Crippen LogP contribution is -2.49. The van der Waals surface area contributed by atoms with E-state index in [1.165, 1.54) is 4.90 Å². The van der Waals surface area contributed by atoms with Crippen molar-refractivity contribution in [2.45, 2.75) is 46.7 Å². The molecule has 2 aromatic rings. The summed E-state index contributed by atoms with van der Waals surface area (Å²) in [6, 6.07) is 10.1. The largest absolute Gasteiger partial charge is 0.484 e. The molecule has 0 aliphatic heterocycles. The number of nitrogens with zero attached hydrogens (tertiary/aromatic N) is 1. The number of nitrogens with one attached hydrogen (secondary N) is 1. The molecule has 7 heteroatoms. The fraction of sp³-hybridized carbons (Fsp3) is 0.391. The highest BCUT2D eigenvalue weighted by molar-refractivity contribution is 6.35. The molecule has 0 saturated heterocycles. The monoisotopic (exact) mass is 450 g/mol. The highest BCUT2D eigenvalue weighted by Crippen LogP contribution is 2.23. The average molecular weight is 451 g/mol. The molecule has 0 radical (unpaired) electrons. The number of amides is 2. The summed E-state index contributed by atoms with van der Waals surface area (Å²) in [6.45, 7) is 8.20. The topological polar surface area (TPSA) is 58.6 Å². The second-order valence-corrected chi connectivity index (χ2v) is 8.10. The molecule has 0 bridgehead atoms. The molecule has 0 aliphatic rings. The molecule has 2 aromatic carbocycles. The van der Waals surface area contributed by atoms with Crippen LogP contribution in [0.3, 0.4) is 0 Å². The standard InChI is InChI=1S/C23H28Cl2N2O3/c1-5-10-26-23(29)17(4)27(13-18-7-8-19(24)12-21(18)25)22(28)14-30-20-9-6-15(2)16(3)11-20/h6-9,11-12,17H,5,10,13-14H2,1-4H3,(H,26,29). The van der Waals surface area contributed by atoms with Gasteiger partial charge < -0.3 is 15.0 Å². The molecule has 0 spiro atoms. The lowest BCUT2D eigenvalue weighted by atomic mass is 10.1. The van der Waals surface area contributed by atoms with Gasteiger partial charge in [-0.15, -0.1) is 0 Å². The zero-order valence-electron chi connectivity index (χ0n) is 17.8. The molecular weight excluding hydrogens is 423 g/mol. The molecule has 0 heterocycles. The van der Waals surface area contributed by atoms with Crippen molar-refractivity contribution in [3.8, 4) is 5.75 Å². The first-order chi connectivity index (χ1) is 14.2. The summed E-state index contributed by atoms with van der Waals surface area (Å²) in [6.07, 6.45) is 0.811. The van der Waals surface area contributed by atoms with Gasteiger partial charge in [-0.1, -0.05) is 42.3 Å². The summed E-state index contributed by atoms with van der Waals surface area (Å²) < 4.78 is 5.71. The Bertz CT molecular complexity index is 902. The van der Waals surface area contributed by atoms with E-state index < -0.39 is 6.04 Å². The molecule has 1 unspecified atom stereocenters. The number of carbonyl (C=O) groups excluding carboxylic acids is 2. The van der Waals surface area contributed by atoms with Crippen LogP contribution in [0.15, 0.2) is 36.4 Å². The molecule has 0 saturated carbocycles. The normalized spacial score (nSPS) is 11.7. The summed E-state index contributed by atoms with van der Waals surface area (Å²) in [5.74, 6) is 0.0823. The first-order valence-electron chi connectivity index (χ1n) is 9.94. The molecule has 162 valence electrons. The van der Waals surface area contributed by atoms with E-state index in [1.807, 2.05) is 39.0 Å². The molecule has 30 heavy (non-hydrogen) atoms. The van der Waals surface area contributed by atoms with Crippen molar-refractivity contribution in [3.63, 3.8) is 0 Å². The van der Waals surface area contributed by atoms with Crippen molar-refractivity contribution in [2.75, 3.05) is 13.2 Å². The molecule has 1 N–H and O–H groups in total. The highest BCUT2D eigenvalue weighted by atomic mass is 35.5. The van der Waals surface area contributed by atoms with Gasteiger partial charge in [-0.05, 0) is 68.1 Å². The smallest absolute Gasteiger partial charge is 0.261 e. The number of halogens is 2. The number of hydrogen-bond acceptors (Lipinski definition) is 3. The maximum Gasteiger partial charge on any atom is 0.261 e. The Morgan fingerprint density at radius 2 is 1.83 bits per heavy atom. The zero-order chi connectivity index (χ0) is 22.3. The number of rotatable bonds is 9. The molecule has 0 aliphatic carbocycles. The van der Waals surface area contributed by atoms with E-state index in [4.69, 9.17) is 27.9 Å². The van der Waals surface area contributed by atoms with Gasteiger partial charge in [0.25, 0.3) is 5.91 Å². The summed E-state index contributed by atoms with van der Waals surface area (Å²) in [7, 11) is 0. The Hall–Kier alpha value is -2.24. The highest BCUT2D eigenvalue weighted by Gasteiger charge is 2.27. The minimum atomic E-state index is -0.681. The zero-order valence-corrected chi connectivity index (χ0v) is 19.3. The van der Waals surface area contributed by atoms with Crippen LogP contribution in [0.25, 0.3) is 0 Å². The summed E-state index contributed by atoms with van der Waals surface area (Å²) in [4.78, 5) is 27.0. The quantitative estimate of drug-likeness (QED) is 0.588. The van der Waals surface area contributed by atoms with E-state index in [0.717, 1.165) is 17.5 Å². The second-order valence-electron chi connectivity index (χ2n) is 7.26. The molecule has 1 atom stereocenters. The number of benzene rings is 2. The average Bonchev–Trinajstić information content (AvgIpc) is 2.71. The number of hydrogen-bond donors (Lipinski definition) is 1. The SMILES string of the molecule is CCCNC(=O)C(C)N(Cc1ccc(Cl)cc1Cl)C(=O)COc1ccc(C)c(C)c1. The van der Waals surface area contributed by atoms with Crippen molar-refractivity contribution < 1.29 is 14.3 Å². The maximum absolute atomic E-state index is 13.0. The van der Waals surface area contributed by atoms with E-state index in [-0.39, 0.29) is 25.0 Å². The van der Waals surface area contributed by atoms with Gasteiger partial charge in [-0.2, -0.15) is 0 Å². The molecule has 2 rings (SSSR count). The van der Waals surface area contributed by atoms with Gasteiger partial charge in [-0.25, -0.2) is 0 Å². The van der Waals surface area contributed by atoms with Gasteiger partial charge in [0.1, 0.15) is 11.8 Å². The van der Waals surface area contributed by atoms with Gasteiger partial charge in [0.15, 0.2) is 6.61 Å². The van der Waals surface area contributed by atoms with Crippen LogP contribution in [0.2, 0.25) is 10.0 Å². The Labute approximate surface area is 188 Å². The van der Waals surface area contributed by atoms with Crippen LogP contribution < -0.4 is 10.1 Å². The Morgan fingerprint density at radius 1 is 1.10 bits per heavy atom. The minimum absolute atomic E-state index is 0.172. The van der Waals surface area contributed by atoms with E-state index in [1.54, 1.807) is 25.1 Å². The molecule has 2 amide bonds. The fourth-order valence-electron chi connectivity index (χ4n) is 2.84. The summed E-state index contributed by atoms with van der Waals surface area (Å²) in [5.41, 5.74) is 2.93. The van der Waals surface area contributed by atoms with Crippen LogP contribution in [0, 0.1) is 13.8 Å². The van der Waals surface area contributed by atoms with Crippen LogP contribution in [0.5, 0.6) is 5.75 Å². The van der Waals surface area contributed by atoms with Gasteiger partial charge in [0.05, 0.1) is 0 Å². The van der Waals surface area contributed by atoms with Gasteiger partial charge >= 0.3 is 0 Å². The third-order valence-corrected chi connectivity index (χ3v) is 5.50. The van der Waals surface area contributed by atoms with E-state index in [9.17, 15) is 9.59 Å². The van der Waals surface area contributed by atoms with Crippen LogP contribution in [-0.2, 0) is 16.1 Å². The lowest BCUT2D eigenvalue weighted by molar-refractivity contribution is -0.142. The van der Waals surface area contributed by atoms with Gasteiger partial charge in [0.2, 0.25) is 5.91 Å². The third-order valence-electron chi connectivity index (χ3n) is 4.91. The van der Waals surface area contributed by atoms with Crippen LogP contribution in [0.1, 0.15) is 37.0 Å². The Morgan fingerprint density at radius 3 is 2.47 bits per heavy atom. The van der Waals surface area contributed by atoms with Crippen molar-refractivity contribution in [1.29, 1.82) is 0 Å². The molecule has 0 fully saturated rings. The molecule has 0 aromatic heterocycles. The van der Waals surface area contributed by atoms with Crippen molar-refractivity contribution in [2.24, 2.45) is 0 Å².